The normalized spacial score (nSPS) is 28.8. The standard InChI is InChI=1S/C23H32FN5O2/c1-23(9-8-19(14-21(23)24)29-17-20(15-25)31-22(29)30)27-11-10-26(2)28(13-12-27)16-18-6-4-3-5-7-18/h3-8,14,20H,9-13,15-17,25H2,1-2H3/t20-,23?/m0/s1. The van der Waals surface area contributed by atoms with E-state index in [1.54, 1.807) is 0 Å². The van der Waals surface area contributed by atoms with Crippen LogP contribution in [0.3, 0.4) is 0 Å². The molecule has 1 amide bonds. The van der Waals surface area contributed by atoms with Crippen LogP contribution in [0.25, 0.3) is 0 Å². The van der Waals surface area contributed by atoms with Gasteiger partial charge in [0.25, 0.3) is 0 Å². The molecule has 2 saturated heterocycles. The maximum atomic E-state index is 15.4. The van der Waals surface area contributed by atoms with Crippen molar-refractivity contribution >= 4 is 6.09 Å². The van der Waals surface area contributed by atoms with Crippen molar-refractivity contribution in [3.8, 4) is 0 Å². The molecule has 2 fully saturated rings. The van der Waals surface area contributed by atoms with Crippen molar-refractivity contribution < 1.29 is 13.9 Å². The Morgan fingerprint density at radius 2 is 1.94 bits per heavy atom. The van der Waals surface area contributed by atoms with Gasteiger partial charge in [0.05, 0.1) is 12.1 Å². The van der Waals surface area contributed by atoms with Crippen LogP contribution in [-0.4, -0.2) is 83.9 Å². The zero-order chi connectivity index (χ0) is 22.0. The Hall–Kier alpha value is -2.26. The summed E-state index contributed by atoms with van der Waals surface area (Å²) in [5.74, 6) is -0.215. The molecule has 0 saturated carbocycles. The highest BCUT2D eigenvalue weighted by molar-refractivity contribution is 5.73. The Bertz CT molecular complexity index is 861. The van der Waals surface area contributed by atoms with Gasteiger partial charge in [0.1, 0.15) is 11.9 Å². The number of carbonyl (C=O) groups excluding carboxylic acids is 1. The van der Waals surface area contributed by atoms with E-state index in [0.717, 1.165) is 32.7 Å². The number of ether oxygens (including phenoxy) is 1. The zero-order valence-electron chi connectivity index (χ0n) is 18.3. The van der Waals surface area contributed by atoms with E-state index in [0.29, 0.717) is 18.7 Å². The van der Waals surface area contributed by atoms with Gasteiger partial charge in [-0.2, -0.15) is 0 Å². The van der Waals surface area contributed by atoms with E-state index in [9.17, 15) is 4.79 Å². The lowest BCUT2D eigenvalue weighted by Gasteiger charge is -2.41. The van der Waals surface area contributed by atoms with Crippen LogP contribution >= 0.6 is 0 Å². The second kappa shape index (κ2) is 9.08. The van der Waals surface area contributed by atoms with Crippen LogP contribution in [0.4, 0.5) is 9.18 Å². The Kier molecular flexibility index (Phi) is 6.43. The number of cyclic esters (lactones) is 1. The Balaban J connectivity index is 1.43. The summed E-state index contributed by atoms with van der Waals surface area (Å²) in [6.45, 7) is 6.59. The molecule has 7 nitrogen and oxygen atoms in total. The number of hydrogen-bond acceptors (Lipinski definition) is 6. The molecule has 8 heteroatoms. The summed E-state index contributed by atoms with van der Waals surface area (Å²) < 4.78 is 20.7. The lowest BCUT2D eigenvalue weighted by molar-refractivity contribution is 0.00576. The van der Waals surface area contributed by atoms with Gasteiger partial charge in [0, 0.05) is 52.0 Å². The number of likely N-dealkylation sites (N-methyl/N-ethyl adjacent to an activating group) is 1. The fourth-order valence-electron chi connectivity index (χ4n) is 4.48. The number of amides is 1. The molecule has 0 radical (unpaired) electrons. The number of rotatable bonds is 5. The minimum atomic E-state index is -0.718. The van der Waals surface area contributed by atoms with Gasteiger partial charge in [-0.15, -0.1) is 0 Å². The molecule has 168 valence electrons. The minimum absolute atomic E-state index is 0.215. The fraction of sp³-hybridized carbons (Fsp3) is 0.522. The van der Waals surface area contributed by atoms with Gasteiger partial charge < -0.3 is 10.5 Å². The number of nitrogens with zero attached hydrogens (tertiary/aromatic N) is 4. The molecule has 1 aromatic carbocycles. The van der Waals surface area contributed by atoms with Gasteiger partial charge in [-0.25, -0.2) is 19.2 Å². The number of benzene rings is 1. The third-order valence-corrected chi connectivity index (χ3v) is 6.66. The van der Waals surface area contributed by atoms with E-state index in [-0.39, 0.29) is 18.5 Å². The van der Waals surface area contributed by atoms with Gasteiger partial charge in [0.2, 0.25) is 0 Å². The third kappa shape index (κ3) is 4.52. The lowest BCUT2D eigenvalue weighted by atomic mass is 9.88. The Morgan fingerprint density at radius 3 is 2.61 bits per heavy atom. The van der Waals surface area contributed by atoms with Gasteiger partial charge >= 0.3 is 6.09 Å². The van der Waals surface area contributed by atoms with Crippen molar-refractivity contribution in [1.82, 2.24) is 19.8 Å². The van der Waals surface area contributed by atoms with E-state index in [1.165, 1.54) is 16.5 Å². The van der Waals surface area contributed by atoms with E-state index in [1.807, 2.05) is 19.1 Å². The number of carbonyl (C=O) groups is 1. The second-order valence-electron chi connectivity index (χ2n) is 8.69. The smallest absolute Gasteiger partial charge is 0.414 e. The first kappa shape index (κ1) is 22.0. The molecule has 1 unspecified atom stereocenters. The largest absolute Gasteiger partial charge is 0.443 e. The van der Waals surface area contributed by atoms with Crippen LogP contribution in [0, 0.1) is 0 Å². The highest BCUT2D eigenvalue weighted by atomic mass is 19.1. The van der Waals surface area contributed by atoms with Crippen LogP contribution in [0.1, 0.15) is 18.9 Å². The van der Waals surface area contributed by atoms with Crippen molar-refractivity contribution in [1.29, 1.82) is 0 Å². The highest BCUT2D eigenvalue weighted by Crippen LogP contribution is 2.36. The number of allylic oxidation sites excluding steroid dienone is 1. The first-order valence-electron chi connectivity index (χ1n) is 10.9. The van der Waals surface area contributed by atoms with Crippen molar-refractivity contribution in [3.05, 3.63) is 59.6 Å². The summed E-state index contributed by atoms with van der Waals surface area (Å²) in [4.78, 5) is 15.8. The average Bonchev–Trinajstić information content (AvgIpc) is 3.05. The summed E-state index contributed by atoms with van der Waals surface area (Å²) in [6.07, 6.45) is 3.14. The molecule has 0 aromatic heterocycles. The molecule has 3 aliphatic rings. The van der Waals surface area contributed by atoms with Gasteiger partial charge in [-0.3, -0.25) is 9.80 Å². The maximum Gasteiger partial charge on any atom is 0.414 e. The van der Waals surface area contributed by atoms with Gasteiger partial charge in [0.15, 0.2) is 0 Å². The number of hydrogen-bond donors (Lipinski definition) is 1. The van der Waals surface area contributed by atoms with E-state index >= 15 is 4.39 Å². The molecule has 1 aromatic rings. The van der Waals surface area contributed by atoms with Crippen molar-refractivity contribution in [2.45, 2.75) is 31.5 Å². The average molecular weight is 430 g/mol. The number of hydrazine groups is 1. The molecule has 2 atom stereocenters. The van der Waals surface area contributed by atoms with Gasteiger partial charge in [-0.1, -0.05) is 36.4 Å². The summed E-state index contributed by atoms with van der Waals surface area (Å²) in [5, 5.41) is 4.55. The van der Waals surface area contributed by atoms with E-state index < -0.39 is 11.6 Å². The minimum Gasteiger partial charge on any atom is -0.443 e. The molecular weight excluding hydrogens is 397 g/mol. The van der Waals surface area contributed by atoms with Crippen molar-refractivity contribution in [2.75, 3.05) is 46.3 Å². The number of nitrogens with two attached hydrogens (primary N) is 1. The molecule has 0 spiro atoms. The summed E-state index contributed by atoms with van der Waals surface area (Å²) in [6, 6.07) is 10.4. The summed E-state index contributed by atoms with van der Waals surface area (Å²) in [5.41, 5.74) is 6.72. The Labute approximate surface area is 183 Å². The highest BCUT2D eigenvalue weighted by Gasteiger charge is 2.41. The van der Waals surface area contributed by atoms with Crippen LogP contribution in [0.5, 0.6) is 0 Å². The van der Waals surface area contributed by atoms with Crippen molar-refractivity contribution in [3.63, 3.8) is 0 Å². The molecule has 2 N–H and O–H groups in total. The van der Waals surface area contributed by atoms with Crippen LogP contribution < -0.4 is 5.73 Å². The van der Waals surface area contributed by atoms with E-state index in [4.69, 9.17) is 10.5 Å². The van der Waals surface area contributed by atoms with Crippen LogP contribution in [-0.2, 0) is 11.3 Å². The monoisotopic (exact) mass is 429 g/mol. The first-order chi connectivity index (χ1) is 14.9. The molecule has 2 aliphatic heterocycles. The fourth-order valence-corrected chi connectivity index (χ4v) is 4.48. The molecular formula is C23H32FN5O2. The summed E-state index contributed by atoms with van der Waals surface area (Å²) >= 11 is 0. The molecule has 31 heavy (non-hydrogen) atoms. The SMILES string of the molecule is CN1CCN(C2(C)CC=C(N3C[C@H](CN)OC3=O)C=C2F)CCN1Cc1ccccc1. The van der Waals surface area contributed by atoms with Crippen LogP contribution in [0.2, 0.25) is 0 Å². The zero-order valence-corrected chi connectivity index (χ0v) is 18.3. The molecule has 0 bridgehead atoms. The lowest BCUT2D eigenvalue weighted by Crippen LogP contribution is -2.50. The predicted molar refractivity (Wildman–Crippen MR) is 117 cm³/mol. The van der Waals surface area contributed by atoms with Crippen molar-refractivity contribution in [2.24, 2.45) is 5.73 Å². The quantitative estimate of drug-likeness (QED) is 0.775. The summed E-state index contributed by atoms with van der Waals surface area (Å²) in [7, 11) is 2.09. The third-order valence-electron chi connectivity index (χ3n) is 6.66. The maximum absolute atomic E-state index is 15.4. The van der Waals surface area contributed by atoms with Crippen LogP contribution in [0.15, 0.2) is 54.0 Å². The van der Waals surface area contributed by atoms with Gasteiger partial charge in [-0.05, 0) is 25.0 Å². The topological polar surface area (TPSA) is 65.3 Å². The molecule has 4 rings (SSSR count). The molecule has 1 aliphatic carbocycles. The van der Waals surface area contributed by atoms with E-state index in [2.05, 4.69) is 46.2 Å². The number of halogens is 1. The second-order valence-corrected chi connectivity index (χ2v) is 8.69. The predicted octanol–water partition coefficient (Wildman–Crippen LogP) is 2.33. The first-order valence-corrected chi connectivity index (χ1v) is 10.9. The Morgan fingerprint density at radius 1 is 1.19 bits per heavy atom. The molecule has 2 heterocycles.